The molecular weight excluding hydrogens is 234 g/mol. The van der Waals surface area contributed by atoms with E-state index in [0.29, 0.717) is 24.7 Å². The van der Waals surface area contributed by atoms with Crippen LogP contribution >= 0.6 is 0 Å². The highest BCUT2D eigenvalue weighted by atomic mass is 16.5. The molecule has 2 N–H and O–H groups in total. The number of aliphatic carboxylic acids is 1. The molecule has 18 heavy (non-hydrogen) atoms. The lowest BCUT2D eigenvalue weighted by Gasteiger charge is -2.38. The summed E-state index contributed by atoms with van der Waals surface area (Å²) in [5, 5.41) is 16.2. The van der Waals surface area contributed by atoms with Crippen LogP contribution in [0.25, 0.3) is 0 Å². The van der Waals surface area contributed by atoms with Crippen molar-refractivity contribution in [2.45, 2.75) is 53.1 Å². The van der Waals surface area contributed by atoms with Crippen LogP contribution in [0.5, 0.6) is 0 Å². The summed E-state index contributed by atoms with van der Waals surface area (Å²) < 4.78 is 5.05. The fourth-order valence-corrected chi connectivity index (χ4v) is 1.29. The van der Waals surface area contributed by atoms with Crippen molar-refractivity contribution >= 4 is 5.97 Å². The Hall–Kier alpha value is -1.43. The van der Waals surface area contributed by atoms with Crippen molar-refractivity contribution in [3.05, 3.63) is 11.7 Å². The number of carboxylic acids is 1. The van der Waals surface area contributed by atoms with Crippen molar-refractivity contribution in [1.29, 1.82) is 0 Å². The third-order valence-electron chi connectivity index (χ3n) is 3.61. The number of hydrogen-bond donors (Lipinski definition) is 2. The van der Waals surface area contributed by atoms with E-state index in [2.05, 4.69) is 15.5 Å². The predicted molar refractivity (Wildman–Crippen MR) is 66.0 cm³/mol. The van der Waals surface area contributed by atoms with Gasteiger partial charge in [-0.15, -0.1) is 0 Å². The second-order valence-corrected chi connectivity index (χ2v) is 5.37. The predicted octanol–water partition coefficient (Wildman–Crippen LogP) is 1.61. The fourth-order valence-electron chi connectivity index (χ4n) is 1.29. The molecule has 0 amide bonds. The summed E-state index contributed by atoms with van der Waals surface area (Å²) in [6, 6.07) is 0. The molecule has 102 valence electrons. The molecule has 0 bridgehead atoms. The Morgan fingerprint density at radius 3 is 2.44 bits per heavy atom. The summed E-state index contributed by atoms with van der Waals surface area (Å²) >= 11 is 0. The van der Waals surface area contributed by atoms with E-state index in [-0.39, 0.29) is 0 Å². The molecule has 0 atom stereocenters. The van der Waals surface area contributed by atoms with E-state index in [1.54, 1.807) is 13.8 Å². The maximum Gasteiger partial charge on any atom is 0.310 e. The Morgan fingerprint density at radius 1 is 1.39 bits per heavy atom. The first kappa shape index (κ1) is 14.6. The normalized spacial score (nSPS) is 12.7. The minimum absolute atomic E-state index is 0.358. The zero-order valence-electron chi connectivity index (χ0n) is 11.6. The first-order chi connectivity index (χ1) is 8.20. The summed E-state index contributed by atoms with van der Waals surface area (Å²) in [4.78, 5) is 15.4. The second-order valence-electron chi connectivity index (χ2n) is 5.37. The number of carbonyl (C=O) groups is 1. The van der Waals surface area contributed by atoms with E-state index >= 15 is 0 Å². The van der Waals surface area contributed by atoms with Crippen molar-refractivity contribution in [2.75, 3.05) is 0 Å². The summed E-state index contributed by atoms with van der Waals surface area (Å²) in [6.07, 6.45) is 0.716. The van der Waals surface area contributed by atoms with Gasteiger partial charge in [0.1, 0.15) is 0 Å². The molecule has 0 fully saturated rings. The topological polar surface area (TPSA) is 88.2 Å². The van der Waals surface area contributed by atoms with Crippen LogP contribution in [0.3, 0.4) is 0 Å². The molecule has 0 radical (unpaired) electrons. The Morgan fingerprint density at radius 2 is 2.00 bits per heavy atom. The Labute approximate surface area is 107 Å². The molecule has 0 aliphatic carbocycles. The van der Waals surface area contributed by atoms with Gasteiger partial charge in [0.05, 0.1) is 12.0 Å². The molecule has 0 unspecified atom stereocenters. The van der Waals surface area contributed by atoms with Crippen LogP contribution in [0.1, 0.15) is 46.3 Å². The molecule has 0 aromatic carbocycles. The van der Waals surface area contributed by atoms with Crippen molar-refractivity contribution < 1.29 is 14.4 Å². The first-order valence-corrected chi connectivity index (χ1v) is 6.00. The molecule has 0 saturated heterocycles. The van der Waals surface area contributed by atoms with Gasteiger partial charge in [0.2, 0.25) is 5.89 Å². The van der Waals surface area contributed by atoms with E-state index in [1.165, 1.54) is 0 Å². The number of carboxylic acid groups (broad SMARTS) is 1. The van der Waals surface area contributed by atoms with Crippen molar-refractivity contribution in [3.63, 3.8) is 0 Å². The molecule has 1 heterocycles. The fraction of sp³-hybridized carbons (Fsp3) is 0.750. The monoisotopic (exact) mass is 255 g/mol. The molecule has 6 heteroatoms. The number of rotatable bonds is 6. The number of aryl methyl sites for hydroxylation is 1. The van der Waals surface area contributed by atoms with Crippen LogP contribution in [-0.2, 0) is 17.8 Å². The van der Waals surface area contributed by atoms with Crippen molar-refractivity contribution in [3.8, 4) is 0 Å². The zero-order chi connectivity index (χ0) is 14.0. The second kappa shape index (κ2) is 5.06. The van der Waals surface area contributed by atoms with Crippen molar-refractivity contribution in [1.82, 2.24) is 15.5 Å². The summed E-state index contributed by atoms with van der Waals surface area (Å²) in [5.41, 5.74) is -1.50. The lowest BCUT2D eigenvalue weighted by Crippen LogP contribution is -2.54. The smallest absolute Gasteiger partial charge is 0.310 e. The highest BCUT2D eigenvalue weighted by Crippen LogP contribution is 2.30. The molecule has 1 aromatic rings. The maximum atomic E-state index is 11.2. The van der Waals surface area contributed by atoms with Gasteiger partial charge in [-0.1, -0.05) is 12.1 Å². The van der Waals surface area contributed by atoms with E-state index in [4.69, 9.17) is 4.52 Å². The summed E-state index contributed by atoms with van der Waals surface area (Å²) in [7, 11) is 0. The highest BCUT2D eigenvalue weighted by molar-refractivity contribution is 5.75. The van der Waals surface area contributed by atoms with Gasteiger partial charge in [-0.3, -0.25) is 4.79 Å². The van der Waals surface area contributed by atoms with Crippen LogP contribution < -0.4 is 5.32 Å². The summed E-state index contributed by atoms with van der Waals surface area (Å²) in [5.74, 6) is 0.281. The number of hydrogen-bond acceptors (Lipinski definition) is 5. The maximum absolute atomic E-state index is 11.2. The number of aromatic nitrogens is 2. The molecule has 6 nitrogen and oxygen atoms in total. The lowest BCUT2D eigenvalue weighted by molar-refractivity contribution is -0.151. The molecule has 0 aliphatic rings. The van der Waals surface area contributed by atoms with Gasteiger partial charge in [-0.25, -0.2) is 0 Å². The van der Waals surface area contributed by atoms with Gasteiger partial charge in [-0.05, 0) is 27.7 Å². The number of nitrogens with one attached hydrogen (secondary N) is 1. The standard InChI is InChI=1S/C12H21N3O3/c1-6-8-14-9(18-15-8)7-13-12(4,5)11(2,3)10(16)17/h13H,6-7H2,1-5H3,(H,16,17). The van der Waals surface area contributed by atoms with E-state index in [9.17, 15) is 9.90 Å². The highest BCUT2D eigenvalue weighted by Gasteiger charge is 2.43. The van der Waals surface area contributed by atoms with E-state index < -0.39 is 16.9 Å². The largest absolute Gasteiger partial charge is 0.481 e. The molecule has 0 spiro atoms. The average Bonchev–Trinajstić information content (AvgIpc) is 2.74. The minimum atomic E-state index is -0.902. The minimum Gasteiger partial charge on any atom is -0.481 e. The third kappa shape index (κ3) is 2.87. The van der Waals surface area contributed by atoms with E-state index in [1.807, 2.05) is 20.8 Å². The quantitative estimate of drug-likeness (QED) is 0.803. The third-order valence-corrected chi connectivity index (χ3v) is 3.61. The first-order valence-electron chi connectivity index (χ1n) is 6.00. The molecule has 1 aromatic heterocycles. The Kier molecular flexibility index (Phi) is 4.11. The van der Waals surface area contributed by atoms with Gasteiger partial charge in [0, 0.05) is 12.0 Å². The van der Waals surface area contributed by atoms with Crippen molar-refractivity contribution in [2.24, 2.45) is 5.41 Å². The summed E-state index contributed by atoms with van der Waals surface area (Å²) in [6.45, 7) is 9.37. The molecule has 1 rings (SSSR count). The molecular formula is C12H21N3O3. The number of nitrogens with zero attached hydrogens (tertiary/aromatic N) is 2. The van der Waals surface area contributed by atoms with Gasteiger partial charge >= 0.3 is 5.97 Å². The van der Waals surface area contributed by atoms with Gasteiger partial charge in [0.15, 0.2) is 5.82 Å². The van der Waals surface area contributed by atoms with Crippen LogP contribution in [0.2, 0.25) is 0 Å². The Bertz CT molecular complexity index is 424. The van der Waals surface area contributed by atoms with E-state index in [0.717, 1.165) is 0 Å². The molecule has 0 aliphatic heterocycles. The SMILES string of the molecule is CCc1noc(CNC(C)(C)C(C)(C)C(=O)O)n1. The van der Waals surface area contributed by atoms with Gasteiger partial charge in [-0.2, -0.15) is 4.98 Å². The Balaban J connectivity index is 2.69. The van der Waals surface area contributed by atoms with Crippen LogP contribution in [-0.4, -0.2) is 26.8 Å². The van der Waals surface area contributed by atoms with Gasteiger partial charge in [0.25, 0.3) is 0 Å². The average molecular weight is 255 g/mol. The lowest BCUT2D eigenvalue weighted by atomic mass is 9.74. The molecule has 0 saturated carbocycles. The van der Waals surface area contributed by atoms with Crippen LogP contribution in [0, 0.1) is 5.41 Å². The van der Waals surface area contributed by atoms with Gasteiger partial charge < -0.3 is 14.9 Å². The van der Waals surface area contributed by atoms with Crippen LogP contribution in [0.4, 0.5) is 0 Å². The zero-order valence-corrected chi connectivity index (χ0v) is 11.6. The van der Waals surface area contributed by atoms with Crippen LogP contribution in [0.15, 0.2) is 4.52 Å².